The van der Waals surface area contributed by atoms with E-state index >= 15 is 0 Å². The van der Waals surface area contributed by atoms with Crippen molar-refractivity contribution >= 4 is 24.0 Å². The number of halogens is 5. The van der Waals surface area contributed by atoms with Crippen molar-refractivity contribution in [2.45, 2.75) is 18.9 Å². The van der Waals surface area contributed by atoms with Gasteiger partial charge < -0.3 is 5.73 Å². The fraction of sp³-hybridized carbons (Fsp3) is 0.333. The first-order chi connectivity index (χ1) is 6.50. The Balaban J connectivity index is 0.00000196. The minimum atomic E-state index is -2.54. The Labute approximate surface area is 96.8 Å². The minimum Gasteiger partial charge on any atom is -0.324 e. The molecule has 0 radical (unpaired) electrons. The van der Waals surface area contributed by atoms with Crippen LogP contribution in [0.4, 0.5) is 13.2 Å². The first-order valence-electron chi connectivity index (χ1n) is 3.99. The zero-order valence-corrected chi connectivity index (χ0v) is 9.16. The van der Waals surface area contributed by atoms with Crippen molar-refractivity contribution in [2.24, 2.45) is 5.73 Å². The SMILES string of the molecule is Cl.N[C@@H](CC(F)F)c1ccc(Cl)cc1F. The predicted molar refractivity (Wildman–Crippen MR) is 56.2 cm³/mol. The van der Waals surface area contributed by atoms with Crippen molar-refractivity contribution in [3.8, 4) is 0 Å². The van der Waals surface area contributed by atoms with E-state index in [1.54, 1.807) is 0 Å². The number of hydrogen-bond acceptors (Lipinski definition) is 1. The van der Waals surface area contributed by atoms with Gasteiger partial charge >= 0.3 is 0 Å². The van der Waals surface area contributed by atoms with Gasteiger partial charge in [0.25, 0.3) is 0 Å². The average Bonchev–Trinajstić information content (AvgIpc) is 2.01. The summed E-state index contributed by atoms with van der Waals surface area (Å²) in [6.07, 6.45) is -3.10. The molecule has 1 aromatic carbocycles. The molecule has 0 unspecified atom stereocenters. The van der Waals surface area contributed by atoms with Crippen LogP contribution in [0.1, 0.15) is 18.0 Å². The fourth-order valence-corrected chi connectivity index (χ4v) is 1.28. The van der Waals surface area contributed by atoms with E-state index in [2.05, 4.69) is 0 Å². The van der Waals surface area contributed by atoms with Crippen LogP contribution in [0.5, 0.6) is 0 Å². The fourth-order valence-electron chi connectivity index (χ4n) is 1.12. The molecule has 6 heteroatoms. The molecule has 0 fully saturated rings. The number of nitrogens with two attached hydrogens (primary N) is 1. The third-order valence-electron chi connectivity index (χ3n) is 1.79. The smallest absolute Gasteiger partial charge is 0.240 e. The van der Waals surface area contributed by atoms with Gasteiger partial charge in [-0.2, -0.15) is 0 Å². The third kappa shape index (κ3) is 4.28. The molecule has 0 aromatic heterocycles. The molecule has 15 heavy (non-hydrogen) atoms. The molecule has 1 rings (SSSR count). The molecule has 1 nitrogen and oxygen atoms in total. The lowest BCUT2D eigenvalue weighted by molar-refractivity contribution is 0.128. The zero-order chi connectivity index (χ0) is 10.7. The molecule has 0 aliphatic carbocycles. The highest BCUT2D eigenvalue weighted by molar-refractivity contribution is 6.30. The van der Waals surface area contributed by atoms with Crippen molar-refractivity contribution in [2.75, 3.05) is 0 Å². The topological polar surface area (TPSA) is 26.0 Å². The Kier molecular flexibility index (Phi) is 6.02. The van der Waals surface area contributed by atoms with Crippen LogP contribution >= 0.6 is 24.0 Å². The Morgan fingerprint density at radius 1 is 1.33 bits per heavy atom. The molecule has 0 aliphatic rings. The summed E-state index contributed by atoms with van der Waals surface area (Å²) in [6.45, 7) is 0. The summed E-state index contributed by atoms with van der Waals surface area (Å²) in [6, 6.07) is 2.81. The number of hydrogen-bond donors (Lipinski definition) is 1. The summed E-state index contributed by atoms with van der Waals surface area (Å²) in [5.74, 6) is -0.648. The number of rotatable bonds is 3. The van der Waals surface area contributed by atoms with E-state index in [4.69, 9.17) is 17.3 Å². The molecule has 86 valence electrons. The molecule has 1 aromatic rings. The van der Waals surface area contributed by atoms with Crippen LogP contribution in [0.3, 0.4) is 0 Å². The van der Waals surface area contributed by atoms with Crippen molar-refractivity contribution in [3.05, 3.63) is 34.6 Å². The molecular formula is C9H10Cl2F3N. The highest BCUT2D eigenvalue weighted by Crippen LogP contribution is 2.23. The van der Waals surface area contributed by atoms with Gasteiger partial charge in [0, 0.05) is 23.0 Å². The van der Waals surface area contributed by atoms with Gasteiger partial charge in [0.1, 0.15) is 5.82 Å². The number of benzene rings is 1. The largest absolute Gasteiger partial charge is 0.324 e. The number of alkyl halides is 2. The molecular weight excluding hydrogens is 250 g/mol. The van der Waals surface area contributed by atoms with Crippen molar-refractivity contribution in [1.29, 1.82) is 0 Å². The normalized spacial score (nSPS) is 12.4. The maximum Gasteiger partial charge on any atom is 0.240 e. The van der Waals surface area contributed by atoms with Gasteiger partial charge in [-0.25, -0.2) is 13.2 Å². The van der Waals surface area contributed by atoms with E-state index in [1.807, 2.05) is 0 Å². The van der Waals surface area contributed by atoms with Crippen LogP contribution in [0.2, 0.25) is 5.02 Å². The van der Waals surface area contributed by atoms with E-state index in [9.17, 15) is 13.2 Å². The second-order valence-corrected chi connectivity index (χ2v) is 3.34. The van der Waals surface area contributed by atoms with Gasteiger partial charge in [-0.1, -0.05) is 17.7 Å². The lowest BCUT2D eigenvalue weighted by Gasteiger charge is -2.12. The van der Waals surface area contributed by atoms with Crippen LogP contribution < -0.4 is 5.73 Å². The first kappa shape index (κ1) is 14.6. The first-order valence-corrected chi connectivity index (χ1v) is 4.37. The average molecular weight is 260 g/mol. The second-order valence-electron chi connectivity index (χ2n) is 2.90. The Morgan fingerprint density at radius 3 is 2.40 bits per heavy atom. The maximum absolute atomic E-state index is 13.1. The molecule has 0 saturated heterocycles. The van der Waals surface area contributed by atoms with Gasteiger partial charge in [0.05, 0.1) is 0 Å². The van der Waals surface area contributed by atoms with Gasteiger partial charge in [-0.05, 0) is 12.1 Å². The molecule has 1 atom stereocenters. The van der Waals surface area contributed by atoms with E-state index in [0.717, 1.165) is 6.07 Å². The molecule has 0 amide bonds. The lowest BCUT2D eigenvalue weighted by Crippen LogP contribution is -2.15. The van der Waals surface area contributed by atoms with Gasteiger partial charge in [-0.15, -0.1) is 12.4 Å². The summed E-state index contributed by atoms with van der Waals surface area (Å²) >= 11 is 5.50. The van der Waals surface area contributed by atoms with Crippen LogP contribution in [0.25, 0.3) is 0 Å². The van der Waals surface area contributed by atoms with E-state index in [-0.39, 0.29) is 23.0 Å². The van der Waals surface area contributed by atoms with Crippen LogP contribution in [0.15, 0.2) is 18.2 Å². The second kappa shape index (κ2) is 6.20. The zero-order valence-electron chi connectivity index (χ0n) is 7.59. The summed E-state index contributed by atoms with van der Waals surface area (Å²) in [4.78, 5) is 0. The quantitative estimate of drug-likeness (QED) is 0.883. The summed E-state index contributed by atoms with van der Waals surface area (Å²) < 4.78 is 37.0. The Hall–Kier alpha value is -0.450. The van der Waals surface area contributed by atoms with Crippen LogP contribution in [-0.4, -0.2) is 6.43 Å². The van der Waals surface area contributed by atoms with Gasteiger partial charge in [0.2, 0.25) is 6.43 Å². The summed E-state index contributed by atoms with van der Waals surface area (Å²) in [7, 11) is 0. The van der Waals surface area contributed by atoms with E-state index in [0.29, 0.717) is 0 Å². The Bertz CT molecular complexity index is 320. The third-order valence-corrected chi connectivity index (χ3v) is 2.03. The minimum absolute atomic E-state index is 0. The van der Waals surface area contributed by atoms with Crippen molar-refractivity contribution < 1.29 is 13.2 Å². The maximum atomic E-state index is 13.1. The van der Waals surface area contributed by atoms with Crippen molar-refractivity contribution in [3.63, 3.8) is 0 Å². The van der Waals surface area contributed by atoms with Gasteiger partial charge in [0.15, 0.2) is 0 Å². The van der Waals surface area contributed by atoms with Crippen LogP contribution in [0, 0.1) is 5.82 Å². The summed E-state index contributed by atoms with van der Waals surface area (Å²) in [5, 5.41) is 0.218. The van der Waals surface area contributed by atoms with Gasteiger partial charge in [-0.3, -0.25) is 0 Å². The molecule has 0 bridgehead atoms. The molecule has 0 saturated carbocycles. The monoisotopic (exact) mass is 259 g/mol. The summed E-state index contributed by atoms with van der Waals surface area (Å²) in [5.41, 5.74) is 5.45. The molecule has 0 aliphatic heterocycles. The molecule has 0 heterocycles. The highest BCUT2D eigenvalue weighted by Gasteiger charge is 2.16. The predicted octanol–water partition coefficient (Wildman–Crippen LogP) is 3.56. The molecule has 2 N–H and O–H groups in total. The standard InChI is InChI=1S/C9H9ClF3N.ClH/c10-5-1-2-6(7(11)3-5)8(14)4-9(12)13;/h1-3,8-9H,4,14H2;1H/t8-;/m0./s1. The lowest BCUT2D eigenvalue weighted by atomic mass is 10.0. The van der Waals surface area contributed by atoms with Crippen molar-refractivity contribution in [1.82, 2.24) is 0 Å². The van der Waals surface area contributed by atoms with E-state index in [1.165, 1.54) is 12.1 Å². The highest BCUT2D eigenvalue weighted by atomic mass is 35.5. The van der Waals surface area contributed by atoms with E-state index < -0.39 is 24.7 Å². The molecule has 0 spiro atoms. The van der Waals surface area contributed by atoms with Crippen LogP contribution in [-0.2, 0) is 0 Å². The Morgan fingerprint density at radius 2 is 1.93 bits per heavy atom.